The average Bonchev–Trinajstić information content (AvgIpc) is 2.76. The highest BCUT2D eigenvalue weighted by Gasteiger charge is 2.25. The van der Waals surface area contributed by atoms with E-state index in [0.29, 0.717) is 23.3 Å². The molecule has 0 unspecified atom stereocenters. The van der Waals surface area contributed by atoms with Gasteiger partial charge in [0.15, 0.2) is 0 Å². The molecule has 1 fully saturated rings. The first-order chi connectivity index (χ1) is 14.8. The molecule has 1 saturated heterocycles. The first kappa shape index (κ1) is 21.4. The van der Waals surface area contributed by atoms with E-state index in [1.54, 1.807) is 24.0 Å². The van der Waals surface area contributed by atoms with Gasteiger partial charge in [0.2, 0.25) is 0 Å². The number of halogens is 2. The predicted molar refractivity (Wildman–Crippen MR) is 119 cm³/mol. The van der Waals surface area contributed by atoms with Gasteiger partial charge < -0.3 is 4.90 Å². The van der Waals surface area contributed by atoms with Crippen molar-refractivity contribution < 1.29 is 9.18 Å². The third-order valence-corrected chi connectivity index (χ3v) is 6.13. The van der Waals surface area contributed by atoms with Gasteiger partial charge in [-0.25, -0.2) is 14.2 Å². The Hall–Kier alpha value is -2.81. The standard InChI is InChI=1S/C22H22BrFN4O3/c1-13-10-16(20(29)27-8-4-3-5-9-27)18-19(25-13)26(2)22(31)28(21(18)30)12-14-6-7-15(23)11-17(14)24/h6-7,10-11H,3-5,8-9,12H2,1-2H3. The molecule has 1 amide bonds. The SMILES string of the molecule is Cc1cc(C(=O)N2CCCCC2)c2c(=O)n(Cc3ccc(Br)cc3F)c(=O)n(C)c2n1. The largest absolute Gasteiger partial charge is 0.339 e. The Morgan fingerprint density at radius 2 is 1.87 bits per heavy atom. The van der Waals surface area contributed by atoms with Crippen molar-refractivity contribution in [2.24, 2.45) is 7.05 Å². The molecule has 4 rings (SSSR count). The van der Waals surface area contributed by atoms with Crippen molar-refractivity contribution in [1.82, 2.24) is 19.0 Å². The molecule has 9 heteroatoms. The number of benzene rings is 1. The van der Waals surface area contributed by atoms with Gasteiger partial charge in [0.05, 0.1) is 17.5 Å². The number of carbonyl (C=O) groups excluding carboxylic acids is 1. The van der Waals surface area contributed by atoms with Crippen molar-refractivity contribution in [2.75, 3.05) is 13.1 Å². The number of piperidine rings is 1. The Labute approximate surface area is 186 Å². The van der Waals surface area contributed by atoms with Crippen LogP contribution in [0.25, 0.3) is 11.0 Å². The third-order valence-electron chi connectivity index (χ3n) is 5.64. The second kappa shape index (κ2) is 8.37. The maximum Gasteiger partial charge on any atom is 0.332 e. The van der Waals surface area contributed by atoms with Gasteiger partial charge in [0, 0.05) is 35.9 Å². The summed E-state index contributed by atoms with van der Waals surface area (Å²) in [5, 5.41) is 0.0841. The second-order valence-corrected chi connectivity index (χ2v) is 8.75. The molecule has 31 heavy (non-hydrogen) atoms. The maximum atomic E-state index is 14.4. The van der Waals surface area contributed by atoms with Crippen LogP contribution in [0.15, 0.2) is 38.3 Å². The molecule has 0 saturated carbocycles. The number of hydrogen-bond donors (Lipinski definition) is 0. The maximum absolute atomic E-state index is 14.4. The number of fused-ring (bicyclic) bond motifs is 1. The van der Waals surface area contributed by atoms with Crippen LogP contribution in [0.2, 0.25) is 0 Å². The highest BCUT2D eigenvalue weighted by atomic mass is 79.9. The number of rotatable bonds is 3. The number of nitrogens with zero attached hydrogens (tertiary/aromatic N) is 4. The summed E-state index contributed by atoms with van der Waals surface area (Å²) in [6, 6.07) is 6.03. The number of hydrogen-bond acceptors (Lipinski definition) is 4. The fourth-order valence-electron chi connectivity index (χ4n) is 4.00. The van der Waals surface area contributed by atoms with Gasteiger partial charge >= 0.3 is 5.69 Å². The van der Waals surface area contributed by atoms with Crippen LogP contribution in [0.3, 0.4) is 0 Å². The summed E-state index contributed by atoms with van der Waals surface area (Å²) in [6.45, 7) is 2.74. The van der Waals surface area contributed by atoms with Crippen molar-refractivity contribution in [3.8, 4) is 0 Å². The number of aromatic nitrogens is 3. The fraction of sp³-hybridized carbons (Fsp3) is 0.364. The zero-order chi connectivity index (χ0) is 22.3. The van der Waals surface area contributed by atoms with Crippen molar-refractivity contribution in [2.45, 2.75) is 32.7 Å². The molecular weight excluding hydrogens is 467 g/mol. The molecule has 162 valence electrons. The van der Waals surface area contributed by atoms with E-state index in [-0.39, 0.29) is 34.6 Å². The van der Waals surface area contributed by atoms with Crippen LogP contribution in [0.1, 0.15) is 40.9 Å². The minimum absolute atomic E-state index is 0.0841. The van der Waals surface area contributed by atoms with E-state index in [1.807, 2.05) is 0 Å². The van der Waals surface area contributed by atoms with Crippen LogP contribution in [0.4, 0.5) is 4.39 Å². The van der Waals surface area contributed by atoms with E-state index < -0.39 is 17.1 Å². The molecule has 1 aromatic carbocycles. The molecule has 0 atom stereocenters. The summed E-state index contributed by atoms with van der Waals surface area (Å²) in [5.41, 5.74) is -0.134. The van der Waals surface area contributed by atoms with Crippen molar-refractivity contribution in [3.63, 3.8) is 0 Å². The normalized spacial score (nSPS) is 14.3. The van der Waals surface area contributed by atoms with Crippen molar-refractivity contribution in [1.29, 1.82) is 0 Å². The van der Waals surface area contributed by atoms with Gasteiger partial charge in [-0.1, -0.05) is 22.0 Å². The third kappa shape index (κ3) is 3.94. The van der Waals surface area contributed by atoms with Gasteiger partial charge in [0.25, 0.3) is 11.5 Å². The minimum Gasteiger partial charge on any atom is -0.339 e. The van der Waals surface area contributed by atoms with Gasteiger partial charge in [-0.2, -0.15) is 0 Å². The highest BCUT2D eigenvalue weighted by Crippen LogP contribution is 2.20. The van der Waals surface area contributed by atoms with Gasteiger partial charge in [-0.05, 0) is 44.4 Å². The summed E-state index contributed by atoms with van der Waals surface area (Å²) in [6.07, 6.45) is 2.90. The molecule has 0 radical (unpaired) electrons. The second-order valence-electron chi connectivity index (χ2n) is 7.83. The van der Waals surface area contributed by atoms with Crippen LogP contribution in [0, 0.1) is 12.7 Å². The Morgan fingerprint density at radius 1 is 1.16 bits per heavy atom. The molecule has 1 aliphatic heterocycles. The average molecular weight is 489 g/mol. The van der Waals surface area contributed by atoms with E-state index in [2.05, 4.69) is 20.9 Å². The molecule has 0 N–H and O–H groups in total. The Morgan fingerprint density at radius 3 is 2.55 bits per heavy atom. The van der Waals surface area contributed by atoms with E-state index in [0.717, 1.165) is 23.8 Å². The van der Waals surface area contributed by atoms with E-state index in [4.69, 9.17) is 0 Å². The monoisotopic (exact) mass is 488 g/mol. The van der Waals surface area contributed by atoms with E-state index in [1.165, 1.54) is 23.7 Å². The highest BCUT2D eigenvalue weighted by molar-refractivity contribution is 9.10. The van der Waals surface area contributed by atoms with Crippen LogP contribution >= 0.6 is 15.9 Å². The quantitative estimate of drug-likeness (QED) is 0.567. The number of aryl methyl sites for hydroxylation is 2. The summed E-state index contributed by atoms with van der Waals surface area (Å²) in [5.74, 6) is -0.776. The Balaban J connectivity index is 1.93. The number of pyridine rings is 1. The van der Waals surface area contributed by atoms with Crippen LogP contribution in [0.5, 0.6) is 0 Å². The zero-order valence-corrected chi connectivity index (χ0v) is 18.9. The molecule has 7 nitrogen and oxygen atoms in total. The van der Waals surface area contributed by atoms with E-state index in [9.17, 15) is 18.8 Å². The Bertz CT molecular complexity index is 1310. The number of likely N-dealkylation sites (tertiary alicyclic amines) is 1. The lowest BCUT2D eigenvalue weighted by atomic mass is 10.1. The molecule has 2 aromatic heterocycles. The zero-order valence-electron chi connectivity index (χ0n) is 17.3. The molecule has 3 heterocycles. The molecule has 0 spiro atoms. The summed E-state index contributed by atoms with van der Waals surface area (Å²) in [4.78, 5) is 45.7. The first-order valence-corrected chi connectivity index (χ1v) is 10.9. The smallest absolute Gasteiger partial charge is 0.332 e. The topological polar surface area (TPSA) is 77.2 Å². The molecular formula is C22H22BrFN4O3. The number of amides is 1. The fourth-order valence-corrected chi connectivity index (χ4v) is 4.33. The summed E-state index contributed by atoms with van der Waals surface area (Å²) < 4.78 is 17.1. The van der Waals surface area contributed by atoms with Gasteiger partial charge in [-0.3, -0.25) is 18.7 Å². The van der Waals surface area contributed by atoms with Crippen LogP contribution in [-0.4, -0.2) is 38.0 Å². The number of carbonyl (C=O) groups is 1. The predicted octanol–water partition coefficient (Wildman–Crippen LogP) is 2.98. The lowest BCUT2D eigenvalue weighted by Crippen LogP contribution is -2.42. The molecule has 0 bridgehead atoms. The first-order valence-electron chi connectivity index (χ1n) is 10.1. The summed E-state index contributed by atoms with van der Waals surface area (Å²) >= 11 is 3.20. The van der Waals surface area contributed by atoms with Crippen molar-refractivity contribution >= 4 is 32.9 Å². The van der Waals surface area contributed by atoms with Crippen LogP contribution in [-0.2, 0) is 13.6 Å². The molecule has 0 aliphatic carbocycles. The summed E-state index contributed by atoms with van der Waals surface area (Å²) in [7, 11) is 1.50. The lowest BCUT2D eigenvalue weighted by Gasteiger charge is -2.27. The van der Waals surface area contributed by atoms with Crippen LogP contribution < -0.4 is 11.2 Å². The van der Waals surface area contributed by atoms with Gasteiger partial charge in [-0.15, -0.1) is 0 Å². The Kier molecular flexibility index (Phi) is 5.79. The lowest BCUT2D eigenvalue weighted by molar-refractivity contribution is 0.0726. The van der Waals surface area contributed by atoms with Gasteiger partial charge in [0.1, 0.15) is 11.5 Å². The van der Waals surface area contributed by atoms with Crippen molar-refractivity contribution in [3.05, 3.63) is 72.2 Å². The van der Waals surface area contributed by atoms with E-state index >= 15 is 0 Å². The molecule has 3 aromatic rings. The minimum atomic E-state index is -0.645. The molecule has 1 aliphatic rings.